The lowest BCUT2D eigenvalue weighted by Gasteiger charge is -2.28. The summed E-state index contributed by atoms with van der Waals surface area (Å²) in [5.41, 5.74) is 1.19. The Morgan fingerprint density at radius 2 is 1.61 bits per heavy atom. The minimum Gasteiger partial charge on any atom is -0.457 e. The second kappa shape index (κ2) is 11.2. The summed E-state index contributed by atoms with van der Waals surface area (Å²) in [5, 5.41) is 11.2. The molecule has 4 aromatic rings. The second-order valence-electron chi connectivity index (χ2n) is 12.2. The molecule has 13 nitrogen and oxygen atoms in total. The fourth-order valence-electron chi connectivity index (χ4n) is 4.79. The average molecular weight is 604 g/mol. The van der Waals surface area contributed by atoms with Crippen molar-refractivity contribution >= 4 is 34.7 Å². The van der Waals surface area contributed by atoms with Gasteiger partial charge in [0, 0.05) is 17.3 Å². The van der Waals surface area contributed by atoms with Gasteiger partial charge in [0.05, 0.1) is 29.4 Å². The molecule has 0 spiro atoms. The van der Waals surface area contributed by atoms with Gasteiger partial charge in [-0.2, -0.15) is 4.90 Å². The Morgan fingerprint density at radius 1 is 0.977 bits per heavy atom. The van der Waals surface area contributed by atoms with Crippen LogP contribution in [0.25, 0.3) is 16.7 Å². The molecule has 1 unspecified atom stereocenters. The maximum Gasteiger partial charge on any atom is 0.425 e. The molecule has 5 rings (SSSR count). The molecule has 0 saturated carbocycles. The van der Waals surface area contributed by atoms with E-state index in [4.69, 9.17) is 18.9 Å². The zero-order chi connectivity index (χ0) is 32.0. The number of anilines is 1. The van der Waals surface area contributed by atoms with Crippen LogP contribution in [0.4, 0.5) is 21.1 Å². The molecule has 2 amide bonds. The van der Waals surface area contributed by atoms with Crippen molar-refractivity contribution in [3.05, 3.63) is 76.2 Å². The van der Waals surface area contributed by atoms with Crippen LogP contribution in [0.3, 0.4) is 0 Å². The van der Waals surface area contributed by atoms with Gasteiger partial charge in [-0.1, -0.05) is 6.07 Å². The number of aromatic nitrogens is 3. The summed E-state index contributed by atoms with van der Waals surface area (Å²) in [6, 6.07) is 12.8. The van der Waals surface area contributed by atoms with Crippen molar-refractivity contribution in [1.82, 2.24) is 14.5 Å². The van der Waals surface area contributed by atoms with Crippen molar-refractivity contribution in [1.29, 1.82) is 0 Å². The zero-order valence-electron chi connectivity index (χ0n) is 25.5. The van der Waals surface area contributed by atoms with Gasteiger partial charge in [0.15, 0.2) is 5.82 Å². The first-order valence-electron chi connectivity index (χ1n) is 13.9. The van der Waals surface area contributed by atoms with Crippen LogP contribution >= 0.6 is 0 Å². The van der Waals surface area contributed by atoms with E-state index in [0.717, 1.165) is 16.2 Å². The normalized spacial score (nSPS) is 14.7. The second-order valence-corrected chi connectivity index (χ2v) is 12.2. The third-order valence-electron chi connectivity index (χ3n) is 6.46. The van der Waals surface area contributed by atoms with E-state index in [-0.39, 0.29) is 24.2 Å². The molecule has 1 aliphatic heterocycles. The summed E-state index contributed by atoms with van der Waals surface area (Å²) in [6.07, 6.45) is -0.941. The summed E-state index contributed by atoms with van der Waals surface area (Å²) in [5.74, 6) is 0.729. The molecule has 230 valence electrons. The number of carbonyl (C=O) groups is 2. The van der Waals surface area contributed by atoms with Gasteiger partial charge in [-0.05, 0) is 78.8 Å². The van der Waals surface area contributed by atoms with Crippen LogP contribution in [-0.4, -0.2) is 42.8 Å². The highest BCUT2D eigenvalue weighted by Crippen LogP contribution is 2.42. The number of benzene rings is 2. The zero-order valence-corrected chi connectivity index (χ0v) is 25.5. The van der Waals surface area contributed by atoms with Crippen LogP contribution in [-0.2, 0) is 20.8 Å². The van der Waals surface area contributed by atoms with E-state index in [1.54, 1.807) is 77.9 Å². The molecule has 0 saturated heterocycles. The Labute approximate surface area is 253 Å². The maximum absolute atomic E-state index is 13.6. The first-order chi connectivity index (χ1) is 20.6. The highest BCUT2D eigenvalue weighted by atomic mass is 16.6. The van der Waals surface area contributed by atoms with Crippen molar-refractivity contribution in [3.8, 4) is 17.2 Å². The minimum absolute atomic E-state index is 0.0166. The fourth-order valence-corrected chi connectivity index (χ4v) is 4.79. The topological polar surface area (TPSA) is 148 Å². The number of nitrogens with zero attached hydrogens (tertiary/aromatic N) is 5. The number of imide groups is 1. The number of non-ortho nitro benzene ring substituents is 1. The van der Waals surface area contributed by atoms with Crippen molar-refractivity contribution in [2.45, 2.75) is 72.4 Å². The first kappa shape index (κ1) is 30.4. The number of nitro benzene ring substituents is 1. The predicted octanol–water partition coefficient (Wildman–Crippen LogP) is 7.39. The predicted molar refractivity (Wildman–Crippen MR) is 160 cm³/mol. The smallest absolute Gasteiger partial charge is 0.425 e. The van der Waals surface area contributed by atoms with Crippen LogP contribution in [0.2, 0.25) is 0 Å². The summed E-state index contributed by atoms with van der Waals surface area (Å²) < 4.78 is 24.9. The SMILES string of the molecule is CC1OCc2c1c1ncnc(N(C(=O)OC(C)(C)C)C(=O)OC(C)(C)C)c1n2-c1ccc(Oc2cccc([N+](=O)[O-])c2)cc1. The van der Waals surface area contributed by atoms with Crippen molar-refractivity contribution in [2.24, 2.45) is 0 Å². The van der Waals surface area contributed by atoms with Gasteiger partial charge in [0.2, 0.25) is 0 Å². The molecular formula is C31H33N5O8. The Hall–Kier alpha value is -5.04. The molecule has 0 fully saturated rings. The Bertz CT molecular complexity index is 1720. The Morgan fingerprint density at radius 3 is 2.20 bits per heavy atom. The van der Waals surface area contributed by atoms with E-state index in [1.165, 1.54) is 18.5 Å². The van der Waals surface area contributed by atoms with Crippen LogP contribution in [0.1, 0.15) is 65.8 Å². The molecule has 13 heteroatoms. The highest BCUT2D eigenvalue weighted by Gasteiger charge is 2.38. The van der Waals surface area contributed by atoms with E-state index in [2.05, 4.69) is 9.97 Å². The van der Waals surface area contributed by atoms with Crippen LogP contribution in [0.15, 0.2) is 54.9 Å². The van der Waals surface area contributed by atoms with Crippen LogP contribution in [0.5, 0.6) is 11.5 Å². The summed E-state index contributed by atoms with van der Waals surface area (Å²) in [7, 11) is 0. The average Bonchev–Trinajstić information content (AvgIpc) is 3.45. The molecule has 0 N–H and O–H groups in total. The van der Waals surface area contributed by atoms with E-state index in [0.29, 0.717) is 28.2 Å². The molecular weight excluding hydrogens is 570 g/mol. The molecule has 2 aromatic heterocycles. The summed E-state index contributed by atoms with van der Waals surface area (Å²) >= 11 is 0. The first-order valence-corrected chi connectivity index (χ1v) is 13.9. The van der Waals surface area contributed by atoms with Gasteiger partial charge < -0.3 is 23.5 Å². The quantitative estimate of drug-likeness (QED) is 0.167. The maximum atomic E-state index is 13.6. The molecule has 0 radical (unpaired) electrons. The lowest BCUT2D eigenvalue weighted by molar-refractivity contribution is -0.384. The van der Waals surface area contributed by atoms with Crippen LogP contribution < -0.4 is 9.64 Å². The van der Waals surface area contributed by atoms with Crippen LogP contribution in [0, 0.1) is 10.1 Å². The third-order valence-corrected chi connectivity index (χ3v) is 6.46. The molecule has 0 bridgehead atoms. The lowest BCUT2D eigenvalue weighted by atomic mass is 10.1. The van der Waals surface area contributed by atoms with Crippen molar-refractivity contribution < 1.29 is 33.5 Å². The number of nitro groups is 1. The highest BCUT2D eigenvalue weighted by molar-refractivity contribution is 6.13. The number of ether oxygens (including phenoxy) is 4. The standard InChI is InChI=1S/C31H33N5O8/c1-18-24-23(16-41-18)34(19-11-13-21(14-12-19)42-22-10-8-9-20(15-22)36(39)40)26-25(24)32-17-33-27(26)35(28(37)43-30(2,3)4)29(38)44-31(5,6)7/h8-15,17-18H,16H2,1-7H3. The van der Waals surface area contributed by atoms with E-state index >= 15 is 0 Å². The Balaban J connectivity index is 1.64. The molecule has 0 aliphatic carbocycles. The molecule has 44 heavy (non-hydrogen) atoms. The minimum atomic E-state index is -0.954. The third kappa shape index (κ3) is 6.18. The van der Waals surface area contributed by atoms with E-state index in [9.17, 15) is 19.7 Å². The number of amides is 2. The van der Waals surface area contributed by atoms with Gasteiger partial charge >= 0.3 is 12.2 Å². The van der Waals surface area contributed by atoms with Gasteiger partial charge in [-0.25, -0.2) is 19.6 Å². The molecule has 1 atom stereocenters. The number of hydrogen-bond acceptors (Lipinski definition) is 10. The largest absolute Gasteiger partial charge is 0.457 e. The number of hydrogen-bond donors (Lipinski definition) is 0. The summed E-state index contributed by atoms with van der Waals surface area (Å²) in [6.45, 7) is 12.3. The lowest BCUT2D eigenvalue weighted by Crippen LogP contribution is -2.44. The van der Waals surface area contributed by atoms with Gasteiger partial charge in [0.25, 0.3) is 5.69 Å². The van der Waals surface area contributed by atoms with Gasteiger partial charge in [0.1, 0.15) is 40.1 Å². The fraction of sp³-hybridized carbons (Fsp3) is 0.355. The van der Waals surface area contributed by atoms with Crippen molar-refractivity contribution in [2.75, 3.05) is 4.90 Å². The van der Waals surface area contributed by atoms with E-state index < -0.39 is 28.3 Å². The Kier molecular flexibility index (Phi) is 7.76. The van der Waals surface area contributed by atoms with E-state index in [1.807, 2.05) is 11.5 Å². The van der Waals surface area contributed by atoms with Gasteiger partial charge in [-0.3, -0.25) is 10.1 Å². The van der Waals surface area contributed by atoms with Crippen molar-refractivity contribution in [3.63, 3.8) is 0 Å². The molecule has 1 aliphatic rings. The number of rotatable bonds is 5. The number of carbonyl (C=O) groups excluding carboxylic acids is 2. The van der Waals surface area contributed by atoms with Gasteiger partial charge in [-0.15, -0.1) is 0 Å². The summed E-state index contributed by atoms with van der Waals surface area (Å²) in [4.78, 5) is 47.5. The molecule has 2 aromatic carbocycles. The monoisotopic (exact) mass is 603 g/mol. The molecule has 3 heterocycles. The number of fused-ring (bicyclic) bond motifs is 3.